The van der Waals surface area contributed by atoms with E-state index in [0.29, 0.717) is 29.4 Å². The summed E-state index contributed by atoms with van der Waals surface area (Å²) < 4.78 is 25.0. The fourth-order valence-electron chi connectivity index (χ4n) is 3.23. The number of carbonyl (C=O) groups is 1. The highest BCUT2D eigenvalue weighted by molar-refractivity contribution is 5.73. The minimum Gasteiger partial charge on any atom is -0.481 e. The molecule has 0 aliphatic rings. The second-order valence-corrected chi connectivity index (χ2v) is 8.75. The van der Waals surface area contributed by atoms with Gasteiger partial charge in [0.2, 0.25) is 5.88 Å². The number of aromatic nitrogens is 4. The van der Waals surface area contributed by atoms with Crippen molar-refractivity contribution in [3.8, 4) is 40.2 Å². The fraction of sp³-hybridized carbons (Fsp3) is 0.185. The third kappa shape index (κ3) is 5.75. The maximum Gasteiger partial charge on any atom is 0.341 e. The summed E-state index contributed by atoms with van der Waals surface area (Å²) in [5.41, 5.74) is 2.08. The third-order valence-electron chi connectivity index (χ3n) is 5.44. The van der Waals surface area contributed by atoms with Crippen LogP contribution in [0.4, 0.5) is 4.39 Å². The number of nitrogens with zero attached hydrogens (tertiary/aromatic N) is 3. The van der Waals surface area contributed by atoms with Gasteiger partial charge in [-0.05, 0) is 55.7 Å². The van der Waals surface area contributed by atoms with Gasteiger partial charge in [-0.2, -0.15) is 4.98 Å². The van der Waals surface area contributed by atoms with E-state index < -0.39 is 11.4 Å². The van der Waals surface area contributed by atoms with Gasteiger partial charge >= 0.3 is 12.0 Å². The van der Waals surface area contributed by atoms with E-state index in [4.69, 9.17) is 9.47 Å². The standard InChI is InChI=1S/C27H25FN4O4/c1-4-5-19-14-21(11-12-22(19)28)36-26-30-24(31-32-26)18-8-6-17(7-9-18)20-10-13-23(29-15-20)35-16-27(2,3)25(33)34/h4,6-15H,1,5,16H2,2-3H3,(H,33,34)(H,30,31,32). The van der Waals surface area contributed by atoms with Crippen molar-refractivity contribution >= 4 is 5.97 Å². The summed E-state index contributed by atoms with van der Waals surface area (Å²) in [6.07, 6.45) is 3.68. The van der Waals surface area contributed by atoms with Crippen LogP contribution < -0.4 is 9.47 Å². The van der Waals surface area contributed by atoms with E-state index in [2.05, 4.69) is 26.7 Å². The first kappa shape index (κ1) is 24.6. The molecular weight excluding hydrogens is 463 g/mol. The van der Waals surface area contributed by atoms with Crippen molar-refractivity contribution in [1.29, 1.82) is 0 Å². The second-order valence-electron chi connectivity index (χ2n) is 8.75. The van der Waals surface area contributed by atoms with E-state index in [-0.39, 0.29) is 18.4 Å². The topological polar surface area (TPSA) is 110 Å². The number of pyridine rings is 1. The molecule has 0 aliphatic heterocycles. The van der Waals surface area contributed by atoms with Crippen LogP contribution in [0.1, 0.15) is 19.4 Å². The molecule has 9 heteroatoms. The summed E-state index contributed by atoms with van der Waals surface area (Å²) in [7, 11) is 0. The molecular formula is C27H25FN4O4. The number of allylic oxidation sites excluding steroid dienone is 1. The quantitative estimate of drug-likeness (QED) is 0.276. The van der Waals surface area contributed by atoms with Crippen LogP contribution in [0.15, 0.2) is 73.4 Å². The van der Waals surface area contributed by atoms with Gasteiger partial charge in [0.15, 0.2) is 5.82 Å². The van der Waals surface area contributed by atoms with Crippen molar-refractivity contribution in [1.82, 2.24) is 20.2 Å². The lowest BCUT2D eigenvalue weighted by Gasteiger charge is -2.18. The van der Waals surface area contributed by atoms with Gasteiger partial charge in [-0.15, -0.1) is 11.7 Å². The van der Waals surface area contributed by atoms with Crippen LogP contribution in [0.25, 0.3) is 22.5 Å². The van der Waals surface area contributed by atoms with E-state index in [1.54, 1.807) is 38.3 Å². The Morgan fingerprint density at radius 1 is 1.11 bits per heavy atom. The highest BCUT2D eigenvalue weighted by Gasteiger charge is 2.28. The van der Waals surface area contributed by atoms with Gasteiger partial charge < -0.3 is 14.6 Å². The van der Waals surface area contributed by atoms with Gasteiger partial charge in [0, 0.05) is 23.4 Å². The SMILES string of the molecule is C=CCc1cc(Oc2n[nH]c(-c3ccc(-c4ccc(OCC(C)(C)C(=O)O)nc4)cc3)n2)ccc1F. The third-order valence-corrected chi connectivity index (χ3v) is 5.44. The van der Waals surface area contributed by atoms with Gasteiger partial charge in [0.05, 0.1) is 5.41 Å². The highest BCUT2D eigenvalue weighted by atomic mass is 19.1. The number of aliphatic carboxylic acids is 1. The maximum atomic E-state index is 13.8. The van der Waals surface area contributed by atoms with E-state index >= 15 is 0 Å². The molecule has 0 saturated carbocycles. The molecule has 2 aromatic carbocycles. The van der Waals surface area contributed by atoms with Crippen LogP contribution in [0.5, 0.6) is 17.6 Å². The van der Waals surface area contributed by atoms with Crippen molar-refractivity contribution < 1.29 is 23.8 Å². The summed E-state index contributed by atoms with van der Waals surface area (Å²) >= 11 is 0. The minimum atomic E-state index is -1.00. The van der Waals surface area contributed by atoms with Crippen LogP contribution in [-0.4, -0.2) is 37.8 Å². The first-order valence-corrected chi connectivity index (χ1v) is 11.2. The summed E-state index contributed by atoms with van der Waals surface area (Å²) in [6, 6.07) is 15.8. The molecule has 0 bridgehead atoms. The predicted octanol–water partition coefficient (Wildman–Crippen LogP) is 5.68. The number of halogens is 1. The molecule has 0 saturated heterocycles. The van der Waals surface area contributed by atoms with Gasteiger partial charge in [-0.3, -0.25) is 9.89 Å². The average Bonchev–Trinajstić information content (AvgIpc) is 3.34. The van der Waals surface area contributed by atoms with Gasteiger partial charge in [0.25, 0.3) is 0 Å². The van der Waals surface area contributed by atoms with E-state index in [0.717, 1.165) is 16.7 Å². The average molecular weight is 489 g/mol. The Balaban J connectivity index is 1.41. The first-order chi connectivity index (χ1) is 17.2. The zero-order chi connectivity index (χ0) is 25.7. The van der Waals surface area contributed by atoms with Gasteiger partial charge in [0.1, 0.15) is 18.2 Å². The molecule has 0 aliphatic carbocycles. The molecule has 0 spiro atoms. The van der Waals surface area contributed by atoms with E-state index in [1.165, 1.54) is 12.1 Å². The Morgan fingerprint density at radius 3 is 2.50 bits per heavy atom. The van der Waals surface area contributed by atoms with Crippen molar-refractivity contribution in [2.45, 2.75) is 20.3 Å². The highest BCUT2D eigenvalue weighted by Crippen LogP contribution is 2.27. The summed E-state index contributed by atoms with van der Waals surface area (Å²) in [4.78, 5) is 19.8. The van der Waals surface area contributed by atoms with Crippen LogP contribution in [-0.2, 0) is 11.2 Å². The van der Waals surface area contributed by atoms with E-state index in [9.17, 15) is 14.3 Å². The van der Waals surface area contributed by atoms with Crippen molar-refractivity contribution in [2.75, 3.05) is 6.61 Å². The molecule has 184 valence electrons. The Hall–Kier alpha value is -4.53. The number of nitrogens with one attached hydrogen (secondary N) is 1. The molecule has 0 unspecified atom stereocenters. The lowest BCUT2D eigenvalue weighted by atomic mass is 9.95. The first-order valence-electron chi connectivity index (χ1n) is 11.2. The molecule has 2 heterocycles. The van der Waals surface area contributed by atoms with Crippen molar-refractivity contribution in [3.63, 3.8) is 0 Å². The van der Waals surface area contributed by atoms with Gasteiger partial charge in [-0.25, -0.2) is 9.37 Å². The Labute approximate surface area is 207 Å². The Morgan fingerprint density at radius 2 is 1.83 bits per heavy atom. The van der Waals surface area contributed by atoms with Gasteiger partial charge in [-0.1, -0.05) is 30.3 Å². The maximum absolute atomic E-state index is 13.8. The molecule has 0 atom stereocenters. The Kier molecular flexibility index (Phi) is 7.10. The number of ether oxygens (including phenoxy) is 2. The number of carboxylic acid groups (broad SMARTS) is 1. The molecule has 4 aromatic rings. The molecule has 8 nitrogen and oxygen atoms in total. The van der Waals surface area contributed by atoms with Crippen LogP contribution in [0, 0.1) is 11.2 Å². The normalized spacial score (nSPS) is 11.2. The number of hydrogen-bond donors (Lipinski definition) is 2. The van der Waals surface area contributed by atoms with Crippen LogP contribution in [0.2, 0.25) is 0 Å². The van der Waals surface area contributed by atoms with Crippen molar-refractivity contribution in [3.05, 3.63) is 84.8 Å². The zero-order valence-corrected chi connectivity index (χ0v) is 19.9. The summed E-state index contributed by atoms with van der Waals surface area (Å²) in [5, 5.41) is 16.1. The Bertz CT molecular complexity index is 1370. The zero-order valence-electron chi connectivity index (χ0n) is 19.9. The molecule has 2 N–H and O–H groups in total. The molecule has 4 rings (SSSR count). The number of benzene rings is 2. The summed E-state index contributed by atoms with van der Waals surface area (Å²) in [6.45, 7) is 6.84. The number of carboxylic acids is 1. The fourth-order valence-corrected chi connectivity index (χ4v) is 3.23. The molecule has 0 radical (unpaired) electrons. The second kappa shape index (κ2) is 10.4. The van der Waals surface area contributed by atoms with E-state index in [1.807, 2.05) is 30.3 Å². The van der Waals surface area contributed by atoms with Crippen molar-refractivity contribution in [2.24, 2.45) is 5.41 Å². The summed E-state index contributed by atoms with van der Waals surface area (Å²) in [5.74, 6) is 0.0559. The number of aromatic amines is 1. The number of rotatable bonds is 10. The number of H-pyrrole nitrogens is 1. The molecule has 2 aromatic heterocycles. The molecule has 36 heavy (non-hydrogen) atoms. The largest absolute Gasteiger partial charge is 0.481 e. The lowest BCUT2D eigenvalue weighted by molar-refractivity contribution is -0.148. The lowest BCUT2D eigenvalue weighted by Crippen LogP contribution is -2.30. The molecule has 0 amide bonds. The monoisotopic (exact) mass is 488 g/mol. The minimum absolute atomic E-state index is 0.0173. The number of hydrogen-bond acceptors (Lipinski definition) is 6. The molecule has 0 fully saturated rings. The van der Waals surface area contributed by atoms with Crippen LogP contribution in [0.3, 0.4) is 0 Å². The predicted molar refractivity (Wildman–Crippen MR) is 132 cm³/mol. The van der Waals surface area contributed by atoms with Crippen LogP contribution >= 0.6 is 0 Å². The smallest absolute Gasteiger partial charge is 0.341 e.